The van der Waals surface area contributed by atoms with Gasteiger partial charge in [0.25, 0.3) is 15.9 Å². The first kappa shape index (κ1) is 20.9. The number of ether oxygens (including phenoxy) is 1. The van der Waals surface area contributed by atoms with E-state index in [0.717, 1.165) is 24.2 Å². The number of methoxy groups -OCH3 is 1. The zero-order chi connectivity index (χ0) is 21.8. The summed E-state index contributed by atoms with van der Waals surface area (Å²) in [6.45, 7) is 0.497. The molecule has 160 valence electrons. The molecule has 0 atom stereocenters. The highest BCUT2D eigenvalue weighted by Crippen LogP contribution is 2.30. The number of carbonyl (C=O) groups excluding carboxylic acids is 1. The van der Waals surface area contributed by atoms with E-state index < -0.39 is 10.0 Å². The average Bonchev–Trinajstić information content (AvgIpc) is 3.63. The summed E-state index contributed by atoms with van der Waals surface area (Å²) >= 11 is 0. The van der Waals surface area contributed by atoms with Crippen LogP contribution in [0.4, 0.5) is 5.69 Å². The minimum atomic E-state index is -3.75. The number of anilines is 1. The average molecular weight is 438 g/mol. The van der Waals surface area contributed by atoms with Gasteiger partial charge >= 0.3 is 0 Å². The minimum absolute atomic E-state index is 0.0917. The molecule has 0 bridgehead atoms. The van der Waals surface area contributed by atoms with Gasteiger partial charge in [-0.1, -0.05) is 12.1 Å². The molecule has 4 rings (SSSR count). The predicted octanol–water partition coefficient (Wildman–Crippen LogP) is 3.70. The summed E-state index contributed by atoms with van der Waals surface area (Å²) in [5.74, 6) is 0.662. The van der Waals surface area contributed by atoms with Gasteiger partial charge in [0.05, 0.1) is 17.7 Å². The van der Waals surface area contributed by atoms with E-state index in [1.807, 2.05) is 29.2 Å². The predicted molar refractivity (Wildman–Crippen MR) is 117 cm³/mol. The van der Waals surface area contributed by atoms with Crippen molar-refractivity contribution in [3.8, 4) is 5.75 Å². The molecule has 0 radical (unpaired) electrons. The molecule has 0 unspecified atom stereocenters. The van der Waals surface area contributed by atoms with E-state index in [2.05, 4.69) is 9.71 Å². The van der Waals surface area contributed by atoms with Gasteiger partial charge < -0.3 is 9.64 Å². The SMILES string of the molecule is COc1ccc(CN(C(=O)c2ccc(S(=O)(=O)Nc3ccncc3)cc2)C2CC2)cc1. The summed E-state index contributed by atoms with van der Waals surface area (Å²) in [5, 5.41) is 0. The second-order valence-corrected chi connectivity index (χ2v) is 9.06. The number of aromatic nitrogens is 1. The molecule has 1 aliphatic rings. The summed E-state index contributed by atoms with van der Waals surface area (Å²) in [5.41, 5.74) is 1.90. The Hall–Kier alpha value is -3.39. The van der Waals surface area contributed by atoms with Gasteiger partial charge in [-0.25, -0.2) is 8.42 Å². The first-order valence-corrected chi connectivity index (χ1v) is 11.4. The molecule has 1 N–H and O–H groups in total. The number of sulfonamides is 1. The van der Waals surface area contributed by atoms with Crippen LogP contribution in [0.3, 0.4) is 0 Å². The zero-order valence-electron chi connectivity index (χ0n) is 17.1. The topological polar surface area (TPSA) is 88.6 Å². The molecule has 7 nitrogen and oxygen atoms in total. The summed E-state index contributed by atoms with van der Waals surface area (Å²) in [7, 11) is -2.13. The molecule has 3 aromatic rings. The number of hydrogen-bond acceptors (Lipinski definition) is 5. The van der Waals surface area contributed by atoms with Gasteiger partial charge in [-0.05, 0) is 66.9 Å². The molecule has 1 fully saturated rings. The number of hydrogen-bond donors (Lipinski definition) is 1. The Bertz CT molecular complexity index is 1140. The lowest BCUT2D eigenvalue weighted by molar-refractivity contribution is 0.0730. The molecule has 1 amide bonds. The number of carbonyl (C=O) groups is 1. The van der Waals surface area contributed by atoms with Crippen LogP contribution in [0.5, 0.6) is 5.75 Å². The Morgan fingerprint density at radius 3 is 2.26 bits per heavy atom. The van der Waals surface area contributed by atoms with Crippen molar-refractivity contribution in [1.82, 2.24) is 9.88 Å². The van der Waals surface area contributed by atoms with Crippen molar-refractivity contribution in [1.29, 1.82) is 0 Å². The highest BCUT2D eigenvalue weighted by Gasteiger charge is 2.33. The van der Waals surface area contributed by atoms with Crippen molar-refractivity contribution in [3.63, 3.8) is 0 Å². The summed E-state index contributed by atoms with van der Waals surface area (Å²) in [6, 6.07) is 17.0. The van der Waals surface area contributed by atoms with Crippen LogP contribution in [-0.2, 0) is 16.6 Å². The molecule has 0 aliphatic heterocycles. The molecule has 31 heavy (non-hydrogen) atoms. The van der Waals surface area contributed by atoms with Gasteiger partial charge in [-0.3, -0.25) is 14.5 Å². The third-order valence-corrected chi connectivity index (χ3v) is 6.50. The Labute approximate surface area is 181 Å². The van der Waals surface area contributed by atoms with Crippen molar-refractivity contribution in [2.45, 2.75) is 30.3 Å². The molecule has 1 heterocycles. The molecule has 0 spiro atoms. The smallest absolute Gasteiger partial charge is 0.261 e. The first-order valence-electron chi connectivity index (χ1n) is 9.93. The number of nitrogens with zero attached hydrogens (tertiary/aromatic N) is 2. The van der Waals surface area contributed by atoms with E-state index in [1.54, 1.807) is 31.4 Å². The van der Waals surface area contributed by atoms with Crippen LogP contribution >= 0.6 is 0 Å². The van der Waals surface area contributed by atoms with Crippen LogP contribution in [0.2, 0.25) is 0 Å². The molecule has 0 saturated heterocycles. The third-order valence-electron chi connectivity index (χ3n) is 5.10. The lowest BCUT2D eigenvalue weighted by Crippen LogP contribution is -2.32. The van der Waals surface area contributed by atoms with Gasteiger partial charge in [-0.2, -0.15) is 0 Å². The maximum Gasteiger partial charge on any atom is 0.261 e. The van der Waals surface area contributed by atoms with E-state index in [4.69, 9.17) is 4.74 Å². The molecule has 1 aliphatic carbocycles. The van der Waals surface area contributed by atoms with Crippen LogP contribution < -0.4 is 9.46 Å². The lowest BCUT2D eigenvalue weighted by Gasteiger charge is -2.23. The second-order valence-electron chi connectivity index (χ2n) is 7.38. The molecular weight excluding hydrogens is 414 g/mol. The third kappa shape index (κ3) is 5.03. The summed E-state index contributed by atoms with van der Waals surface area (Å²) in [4.78, 5) is 18.9. The van der Waals surface area contributed by atoms with Crippen molar-refractivity contribution >= 4 is 21.6 Å². The highest BCUT2D eigenvalue weighted by molar-refractivity contribution is 7.92. The fourth-order valence-corrected chi connectivity index (χ4v) is 4.32. The van der Waals surface area contributed by atoms with Crippen LogP contribution in [0.1, 0.15) is 28.8 Å². The van der Waals surface area contributed by atoms with Crippen LogP contribution in [0, 0.1) is 0 Å². The Balaban J connectivity index is 1.49. The molecule has 1 aromatic heterocycles. The Morgan fingerprint density at radius 2 is 1.68 bits per heavy atom. The van der Waals surface area contributed by atoms with E-state index in [0.29, 0.717) is 17.8 Å². The molecule has 8 heteroatoms. The van der Waals surface area contributed by atoms with E-state index in [9.17, 15) is 13.2 Å². The zero-order valence-corrected chi connectivity index (χ0v) is 17.9. The fourth-order valence-electron chi connectivity index (χ4n) is 3.26. The van der Waals surface area contributed by atoms with Gasteiger partial charge in [0.15, 0.2) is 0 Å². The summed E-state index contributed by atoms with van der Waals surface area (Å²) in [6.07, 6.45) is 4.97. The second kappa shape index (κ2) is 8.77. The largest absolute Gasteiger partial charge is 0.497 e. The van der Waals surface area contributed by atoms with Crippen molar-refractivity contribution < 1.29 is 17.9 Å². The maximum atomic E-state index is 13.1. The number of benzene rings is 2. The standard InChI is InChI=1S/C23H23N3O4S/c1-30-21-8-2-17(3-9-21)16-26(20-6-7-20)23(27)18-4-10-22(11-5-18)31(28,29)25-19-12-14-24-15-13-19/h2-5,8-15,20H,6-7,16H2,1H3,(H,24,25). The number of nitrogens with one attached hydrogen (secondary N) is 1. The van der Waals surface area contributed by atoms with Crippen molar-refractivity contribution in [3.05, 3.63) is 84.2 Å². The highest BCUT2D eigenvalue weighted by atomic mass is 32.2. The minimum Gasteiger partial charge on any atom is -0.497 e. The van der Waals surface area contributed by atoms with Gasteiger partial charge in [0.2, 0.25) is 0 Å². The quantitative estimate of drug-likeness (QED) is 0.581. The monoisotopic (exact) mass is 437 g/mol. The Kier molecular flexibility index (Phi) is 5.90. The fraction of sp³-hybridized carbons (Fsp3) is 0.217. The normalized spacial score (nSPS) is 13.5. The lowest BCUT2D eigenvalue weighted by atomic mass is 10.1. The van der Waals surface area contributed by atoms with Crippen molar-refractivity contribution in [2.75, 3.05) is 11.8 Å². The maximum absolute atomic E-state index is 13.1. The molecule has 2 aromatic carbocycles. The van der Waals surface area contributed by atoms with Crippen LogP contribution in [0.25, 0.3) is 0 Å². The molecular formula is C23H23N3O4S. The number of pyridine rings is 1. The van der Waals surface area contributed by atoms with Crippen LogP contribution in [-0.4, -0.2) is 37.4 Å². The first-order chi connectivity index (χ1) is 15.0. The molecule has 1 saturated carbocycles. The van der Waals surface area contributed by atoms with Gasteiger partial charge in [0.1, 0.15) is 5.75 Å². The number of amides is 1. The summed E-state index contributed by atoms with van der Waals surface area (Å²) < 4.78 is 32.9. The number of rotatable bonds is 8. The van der Waals surface area contributed by atoms with Crippen molar-refractivity contribution in [2.24, 2.45) is 0 Å². The van der Waals surface area contributed by atoms with Crippen LogP contribution in [0.15, 0.2) is 78.0 Å². The van der Waals surface area contributed by atoms with E-state index in [1.165, 1.54) is 24.5 Å². The Morgan fingerprint density at radius 1 is 1.03 bits per heavy atom. The van der Waals surface area contributed by atoms with E-state index >= 15 is 0 Å². The van der Waals surface area contributed by atoms with Gasteiger partial charge in [-0.15, -0.1) is 0 Å². The van der Waals surface area contributed by atoms with Gasteiger partial charge in [0, 0.05) is 30.5 Å². The van der Waals surface area contributed by atoms with E-state index in [-0.39, 0.29) is 16.8 Å².